The SMILES string of the molecule is CCN(CC)c1nc(N)c(C(=O)N2CCCC(C)CC2)s1. The topological polar surface area (TPSA) is 62.5 Å². The molecular formula is C15H26N4OS. The predicted molar refractivity (Wildman–Crippen MR) is 89.0 cm³/mol. The second kappa shape index (κ2) is 7.11. The number of aromatic nitrogens is 1. The average molecular weight is 310 g/mol. The van der Waals surface area contributed by atoms with Crippen molar-refractivity contribution < 1.29 is 4.79 Å². The lowest BCUT2D eigenvalue weighted by Crippen LogP contribution is -2.31. The van der Waals surface area contributed by atoms with E-state index in [2.05, 4.69) is 30.7 Å². The molecule has 6 heteroatoms. The summed E-state index contributed by atoms with van der Waals surface area (Å²) in [4.78, 5) is 21.7. The lowest BCUT2D eigenvalue weighted by molar-refractivity contribution is 0.0766. The zero-order valence-corrected chi connectivity index (χ0v) is 14.1. The van der Waals surface area contributed by atoms with E-state index in [1.54, 1.807) is 0 Å². The van der Waals surface area contributed by atoms with Crippen LogP contribution in [0.25, 0.3) is 0 Å². The van der Waals surface area contributed by atoms with Crippen LogP contribution in [0.2, 0.25) is 0 Å². The van der Waals surface area contributed by atoms with Crippen LogP contribution in [-0.4, -0.2) is 42.0 Å². The van der Waals surface area contributed by atoms with Gasteiger partial charge < -0.3 is 15.5 Å². The molecule has 118 valence electrons. The number of likely N-dealkylation sites (tertiary alicyclic amines) is 1. The highest BCUT2D eigenvalue weighted by molar-refractivity contribution is 7.18. The van der Waals surface area contributed by atoms with Gasteiger partial charge in [0.05, 0.1) is 0 Å². The Morgan fingerprint density at radius 1 is 1.38 bits per heavy atom. The summed E-state index contributed by atoms with van der Waals surface area (Å²) < 4.78 is 0. The molecule has 1 aromatic heterocycles. The quantitative estimate of drug-likeness (QED) is 0.929. The smallest absolute Gasteiger partial charge is 0.267 e. The van der Waals surface area contributed by atoms with Gasteiger partial charge in [-0.1, -0.05) is 18.3 Å². The summed E-state index contributed by atoms with van der Waals surface area (Å²) in [5.41, 5.74) is 5.99. The standard InChI is InChI=1S/C15H26N4OS/c1-4-18(5-2)15-17-13(16)12(21-15)14(20)19-9-6-7-11(3)8-10-19/h11H,4-10,16H2,1-3H3. The minimum absolute atomic E-state index is 0.0532. The third kappa shape index (κ3) is 3.67. The maximum Gasteiger partial charge on any atom is 0.267 e. The second-order valence-corrected chi connectivity index (χ2v) is 6.69. The van der Waals surface area contributed by atoms with Gasteiger partial charge in [0, 0.05) is 26.2 Å². The molecule has 1 aromatic rings. The fourth-order valence-electron chi connectivity index (χ4n) is 2.71. The Morgan fingerprint density at radius 2 is 2.10 bits per heavy atom. The van der Waals surface area contributed by atoms with Gasteiger partial charge >= 0.3 is 0 Å². The van der Waals surface area contributed by atoms with E-state index in [0.29, 0.717) is 16.6 Å². The summed E-state index contributed by atoms with van der Waals surface area (Å²) in [7, 11) is 0. The van der Waals surface area contributed by atoms with Crippen LogP contribution in [0.5, 0.6) is 0 Å². The van der Waals surface area contributed by atoms with Gasteiger partial charge in [0.1, 0.15) is 10.7 Å². The van der Waals surface area contributed by atoms with Crippen LogP contribution in [0.1, 0.15) is 49.7 Å². The summed E-state index contributed by atoms with van der Waals surface area (Å²) in [5.74, 6) is 1.13. The van der Waals surface area contributed by atoms with E-state index in [1.165, 1.54) is 17.8 Å². The molecular weight excluding hydrogens is 284 g/mol. The summed E-state index contributed by atoms with van der Waals surface area (Å²) in [6, 6.07) is 0. The number of nitrogens with zero attached hydrogens (tertiary/aromatic N) is 3. The highest BCUT2D eigenvalue weighted by Crippen LogP contribution is 2.30. The van der Waals surface area contributed by atoms with Gasteiger partial charge in [-0.15, -0.1) is 0 Å². The predicted octanol–water partition coefficient (Wildman–Crippen LogP) is 2.83. The molecule has 1 atom stereocenters. The fraction of sp³-hybridized carbons (Fsp3) is 0.733. The summed E-state index contributed by atoms with van der Waals surface area (Å²) in [6.45, 7) is 9.83. The second-order valence-electron chi connectivity index (χ2n) is 5.71. The fourth-order valence-corrected chi connectivity index (χ4v) is 3.79. The molecule has 1 unspecified atom stereocenters. The molecule has 1 saturated heterocycles. The van der Waals surface area contributed by atoms with Crippen LogP contribution in [0.4, 0.5) is 10.9 Å². The largest absolute Gasteiger partial charge is 0.382 e. The highest BCUT2D eigenvalue weighted by atomic mass is 32.1. The van der Waals surface area contributed by atoms with Gasteiger partial charge in [-0.2, -0.15) is 0 Å². The van der Waals surface area contributed by atoms with E-state index < -0.39 is 0 Å². The lowest BCUT2D eigenvalue weighted by atomic mass is 10.0. The van der Waals surface area contributed by atoms with Gasteiger partial charge in [0.25, 0.3) is 5.91 Å². The van der Waals surface area contributed by atoms with Crippen LogP contribution < -0.4 is 10.6 Å². The molecule has 1 aliphatic heterocycles. The number of carbonyl (C=O) groups excluding carboxylic acids is 1. The minimum atomic E-state index is 0.0532. The lowest BCUT2D eigenvalue weighted by Gasteiger charge is -2.19. The Hall–Kier alpha value is -1.30. The number of thiazole rings is 1. The number of amides is 1. The van der Waals surface area contributed by atoms with Crippen molar-refractivity contribution in [3.8, 4) is 0 Å². The van der Waals surface area contributed by atoms with Gasteiger partial charge in [-0.25, -0.2) is 4.98 Å². The number of rotatable bonds is 4. The third-order valence-electron chi connectivity index (χ3n) is 4.17. The number of anilines is 2. The molecule has 0 spiro atoms. The number of hydrogen-bond acceptors (Lipinski definition) is 5. The maximum atomic E-state index is 12.7. The Kier molecular flexibility index (Phi) is 5.45. The van der Waals surface area contributed by atoms with Crippen molar-refractivity contribution in [2.75, 3.05) is 36.8 Å². The Labute approximate surface area is 131 Å². The molecule has 1 fully saturated rings. The van der Waals surface area contributed by atoms with Crippen molar-refractivity contribution in [2.45, 2.75) is 40.0 Å². The van der Waals surface area contributed by atoms with E-state index in [0.717, 1.165) is 44.2 Å². The monoisotopic (exact) mass is 310 g/mol. The van der Waals surface area contributed by atoms with E-state index in [1.807, 2.05) is 4.90 Å². The number of nitrogens with two attached hydrogens (primary N) is 1. The Balaban J connectivity index is 2.15. The first-order valence-electron chi connectivity index (χ1n) is 7.87. The van der Waals surface area contributed by atoms with Crippen LogP contribution in [-0.2, 0) is 0 Å². The average Bonchev–Trinajstić information content (AvgIpc) is 2.71. The molecule has 0 saturated carbocycles. The van der Waals surface area contributed by atoms with E-state index >= 15 is 0 Å². The first-order valence-corrected chi connectivity index (χ1v) is 8.68. The van der Waals surface area contributed by atoms with Crippen LogP contribution in [0, 0.1) is 5.92 Å². The van der Waals surface area contributed by atoms with Gasteiger partial charge in [0.15, 0.2) is 5.13 Å². The summed E-state index contributed by atoms with van der Waals surface area (Å²) >= 11 is 1.42. The molecule has 0 aromatic carbocycles. The normalized spacial score (nSPS) is 19.4. The molecule has 0 bridgehead atoms. The molecule has 2 N–H and O–H groups in total. The Bertz CT molecular complexity index is 484. The third-order valence-corrected chi connectivity index (χ3v) is 5.29. The van der Waals surface area contributed by atoms with Crippen molar-refractivity contribution in [2.24, 2.45) is 5.92 Å². The van der Waals surface area contributed by atoms with Gasteiger partial charge in [0.2, 0.25) is 0 Å². The molecule has 21 heavy (non-hydrogen) atoms. The van der Waals surface area contributed by atoms with E-state index in [-0.39, 0.29) is 5.91 Å². The maximum absolute atomic E-state index is 12.7. The van der Waals surface area contributed by atoms with Crippen LogP contribution in [0.3, 0.4) is 0 Å². The molecule has 2 heterocycles. The van der Waals surface area contributed by atoms with Crippen molar-refractivity contribution in [1.82, 2.24) is 9.88 Å². The highest BCUT2D eigenvalue weighted by Gasteiger charge is 2.25. The molecule has 1 aliphatic rings. The minimum Gasteiger partial charge on any atom is -0.382 e. The van der Waals surface area contributed by atoms with E-state index in [4.69, 9.17) is 5.73 Å². The van der Waals surface area contributed by atoms with Crippen molar-refractivity contribution in [3.63, 3.8) is 0 Å². The molecule has 0 radical (unpaired) electrons. The van der Waals surface area contributed by atoms with Gasteiger partial charge in [-0.05, 0) is 39.0 Å². The molecule has 2 rings (SSSR count). The summed E-state index contributed by atoms with van der Waals surface area (Å²) in [6.07, 6.45) is 3.36. The number of hydrogen-bond donors (Lipinski definition) is 1. The first-order chi connectivity index (χ1) is 10.1. The summed E-state index contributed by atoms with van der Waals surface area (Å²) in [5, 5.41) is 0.851. The zero-order chi connectivity index (χ0) is 15.4. The van der Waals surface area contributed by atoms with Crippen molar-refractivity contribution in [3.05, 3.63) is 4.88 Å². The molecule has 5 nitrogen and oxygen atoms in total. The first kappa shape index (κ1) is 16.1. The zero-order valence-electron chi connectivity index (χ0n) is 13.3. The van der Waals surface area contributed by atoms with Gasteiger partial charge in [-0.3, -0.25) is 4.79 Å². The molecule has 0 aliphatic carbocycles. The molecule has 1 amide bonds. The van der Waals surface area contributed by atoms with Crippen molar-refractivity contribution in [1.29, 1.82) is 0 Å². The van der Waals surface area contributed by atoms with Crippen molar-refractivity contribution >= 4 is 28.2 Å². The number of nitrogen functional groups attached to an aromatic ring is 1. The van der Waals surface area contributed by atoms with Crippen LogP contribution >= 0.6 is 11.3 Å². The van der Waals surface area contributed by atoms with Crippen LogP contribution in [0.15, 0.2) is 0 Å². The number of carbonyl (C=O) groups is 1. The Morgan fingerprint density at radius 3 is 2.76 bits per heavy atom. The van der Waals surface area contributed by atoms with E-state index in [9.17, 15) is 4.79 Å².